The third-order valence-corrected chi connectivity index (χ3v) is 7.01. The van der Waals surface area contributed by atoms with Crippen molar-refractivity contribution in [2.24, 2.45) is 0 Å². The van der Waals surface area contributed by atoms with Crippen molar-refractivity contribution in [3.63, 3.8) is 0 Å². The Morgan fingerprint density at radius 2 is 1.79 bits per heavy atom. The van der Waals surface area contributed by atoms with Crippen molar-refractivity contribution in [1.29, 1.82) is 0 Å². The van der Waals surface area contributed by atoms with E-state index in [1.165, 1.54) is 17.3 Å². The maximum Gasteiger partial charge on any atom is 0.240 e. The molecule has 1 aliphatic heterocycles. The minimum Gasteiger partial charge on any atom is -0.308 e. The first-order valence-corrected chi connectivity index (χ1v) is 11.9. The van der Waals surface area contributed by atoms with E-state index < -0.39 is 0 Å². The first-order chi connectivity index (χ1) is 16.0. The second kappa shape index (κ2) is 8.83. The van der Waals surface area contributed by atoms with Gasteiger partial charge in [-0.25, -0.2) is 0 Å². The number of fused-ring (bicyclic) bond motifs is 1. The average Bonchev–Trinajstić information content (AvgIpc) is 3.39. The van der Waals surface area contributed by atoms with Gasteiger partial charge in [-0.15, -0.1) is 10.2 Å². The molecule has 166 valence electrons. The molecule has 6 nitrogen and oxygen atoms in total. The molecule has 1 aliphatic rings. The minimum absolute atomic E-state index is 0.0831. The first-order valence-electron chi connectivity index (χ1n) is 11.0. The lowest BCUT2D eigenvalue weighted by Crippen LogP contribution is -2.40. The van der Waals surface area contributed by atoms with Gasteiger partial charge in [0.15, 0.2) is 11.0 Å². The van der Waals surface area contributed by atoms with E-state index in [-0.39, 0.29) is 17.2 Å². The summed E-state index contributed by atoms with van der Waals surface area (Å²) >= 11 is 1.44. The van der Waals surface area contributed by atoms with Gasteiger partial charge >= 0.3 is 0 Å². The van der Waals surface area contributed by atoms with Gasteiger partial charge in [-0.2, -0.15) is 0 Å². The molecule has 0 fully saturated rings. The summed E-state index contributed by atoms with van der Waals surface area (Å²) in [6, 6.07) is 20.3. The van der Waals surface area contributed by atoms with Gasteiger partial charge in [0.1, 0.15) is 0 Å². The topological polar surface area (TPSA) is 63.9 Å². The number of anilines is 1. The standard InChI is InChI=1S/C26H25N5OS/c1-17-9-4-6-12-22(17)31-24(21-11-8-14-27-16-21)28-29-26(31)33-19(3)25(32)30-18(2)15-20-10-5-7-13-23(20)30/h4-14,16,18-19H,15H2,1-3H3. The van der Waals surface area contributed by atoms with Crippen molar-refractivity contribution in [2.75, 3.05) is 4.90 Å². The van der Waals surface area contributed by atoms with Crippen molar-refractivity contribution in [1.82, 2.24) is 19.7 Å². The van der Waals surface area contributed by atoms with Crippen LogP contribution in [0, 0.1) is 6.92 Å². The van der Waals surface area contributed by atoms with Gasteiger partial charge in [0.25, 0.3) is 0 Å². The van der Waals surface area contributed by atoms with Gasteiger partial charge in [-0.05, 0) is 62.6 Å². The van der Waals surface area contributed by atoms with Gasteiger partial charge < -0.3 is 4.90 Å². The van der Waals surface area contributed by atoms with E-state index in [4.69, 9.17) is 0 Å². The van der Waals surface area contributed by atoms with Crippen molar-refractivity contribution in [3.8, 4) is 17.1 Å². The fourth-order valence-electron chi connectivity index (χ4n) is 4.37. The molecular formula is C26H25N5OS. The summed E-state index contributed by atoms with van der Waals surface area (Å²) in [7, 11) is 0. The van der Waals surface area contributed by atoms with Gasteiger partial charge in [0.2, 0.25) is 5.91 Å². The SMILES string of the molecule is Cc1ccccc1-n1c(SC(C)C(=O)N2c3ccccc3CC2C)nnc1-c1cccnc1. The molecule has 7 heteroatoms. The molecule has 0 saturated carbocycles. The number of pyridine rings is 1. The second-order valence-corrected chi connectivity index (χ2v) is 9.63. The Morgan fingerprint density at radius 1 is 1.03 bits per heavy atom. The first kappa shape index (κ1) is 21.4. The van der Waals surface area contributed by atoms with Crippen LogP contribution in [-0.4, -0.2) is 36.9 Å². The van der Waals surface area contributed by atoms with Crippen LogP contribution in [0.3, 0.4) is 0 Å². The Kier molecular flexibility index (Phi) is 5.72. The van der Waals surface area contributed by atoms with E-state index >= 15 is 0 Å². The fourth-order valence-corrected chi connectivity index (χ4v) is 5.27. The molecule has 0 saturated heterocycles. The third-order valence-electron chi connectivity index (χ3n) is 5.98. The van der Waals surface area contributed by atoms with Crippen LogP contribution in [0.25, 0.3) is 17.1 Å². The maximum atomic E-state index is 13.6. The predicted molar refractivity (Wildman–Crippen MR) is 132 cm³/mol. The highest BCUT2D eigenvalue weighted by Crippen LogP contribution is 2.36. The van der Waals surface area contributed by atoms with Gasteiger partial charge in [-0.3, -0.25) is 14.3 Å². The summed E-state index contributed by atoms with van der Waals surface area (Å²) < 4.78 is 2.03. The van der Waals surface area contributed by atoms with Crippen LogP contribution in [0.2, 0.25) is 0 Å². The van der Waals surface area contributed by atoms with Gasteiger partial charge in [-0.1, -0.05) is 48.2 Å². The Morgan fingerprint density at radius 3 is 2.55 bits per heavy atom. The molecule has 2 aromatic carbocycles. The van der Waals surface area contributed by atoms with Crippen molar-refractivity contribution >= 4 is 23.4 Å². The van der Waals surface area contributed by atoms with E-state index in [0.717, 1.165) is 28.9 Å². The number of para-hydroxylation sites is 2. The van der Waals surface area contributed by atoms with E-state index in [9.17, 15) is 4.79 Å². The molecule has 0 radical (unpaired) electrons. The minimum atomic E-state index is -0.327. The number of amides is 1. The highest BCUT2D eigenvalue weighted by molar-refractivity contribution is 8.00. The molecule has 3 heterocycles. The van der Waals surface area contributed by atoms with Crippen LogP contribution < -0.4 is 4.90 Å². The van der Waals surface area contributed by atoms with Gasteiger partial charge in [0, 0.05) is 29.7 Å². The summed E-state index contributed by atoms with van der Waals surface area (Å²) in [6.45, 7) is 6.11. The molecule has 0 N–H and O–H groups in total. The summed E-state index contributed by atoms with van der Waals surface area (Å²) in [5.41, 5.74) is 5.20. The Balaban J connectivity index is 1.51. The van der Waals surface area contributed by atoms with Gasteiger partial charge in [0.05, 0.1) is 10.9 Å². The average molecular weight is 456 g/mol. The van der Waals surface area contributed by atoms with E-state index in [1.54, 1.807) is 12.4 Å². The number of benzene rings is 2. The molecule has 0 spiro atoms. The Hall–Kier alpha value is -3.45. The predicted octanol–water partition coefficient (Wildman–Crippen LogP) is 5.10. The zero-order valence-corrected chi connectivity index (χ0v) is 19.7. The highest BCUT2D eigenvalue weighted by atomic mass is 32.2. The second-order valence-electron chi connectivity index (χ2n) is 8.32. The van der Waals surface area contributed by atoms with Crippen LogP contribution in [0.1, 0.15) is 25.0 Å². The molecular weight excluding hydrogens is 430 g/mol. The number of hydrogen-bond donors (Lipinski definition) is 0. The lowest BCUT2D eigenvalue weighted by atomic mass is 10.1. The smallest absolute Gasteiger partial charge is 0.240 e. The van der Waals surface area contributed by atoms with Crippen LogP contribution in [-0.2, 0) is 11.2 Å². The fraction of sp³-hybridized carbons (Fsp3) is 0.231. The van der Waals surface area contributed by atoms with E-state index in [2.05, 4.69) is 41.2 Å². The Bertz CT molecular complexity index is 1300. The number of aromatic nitrogens is 4. The normalized spacial score (nSPS) is 16.0. The molecule has 2 unspecified atom stereocenters. The van der Waals surface area contributed by atoms with Crippen molar-refractivity contribution in [2.45, 2.75) is 43.6 Å². The van der Waals surface area contributed by atoms with Crippen LogP contribution in [0.4, 0.5) is 5.69 Å². The number of hydrogen-bond acceptors (Lipinski definition) is 5. The molecule has 4 aromatic rings. The summed E-state index contributed by atoms with van der Waals surface area (Å²) in [5.74, 6) is 0.791. The monoisotopic (exact) mass is 455 g/mol. The zero-order chi connectivity index (χ0) is 22.9. The number of rotatable bonds is 5. The third kappa shape index (κ3) is 3.93. The summed E-state index contributed by atoms with van der Waals surface area (Å²) in [5, 5.41) is 9.35. The van der Waals surface area contributed by atoms with Crippen LogP contribution in [0.15, 0.2) is 78.2 Å². The van der Waals surface area contributed by atoms with E-state index in [0.29, 0.717) is 11.0 Å². The molecule has 2 atom stereocenters. The lowest BCUT2D eigenvalue weighted by Gasteiger charge is -2.25. The number of carbonyl (C=O) groups excluding carboxylic acids is 1. The van der Waals surface area contributed by atoms with Crippen LogP contribution >= 0.6 is 11.8 Å². The number of thioether (sulfide) groups is 1. The molecule has 2 aromatic heterocycles. The highest BCUT2D eigenvalue weighted by Gasteiger charge is 2.34. The van der Waals surface area contributed by atoms with Crippen LogP contribution in [0.5, 0.6) is 0 Å². The molecule has 33 heavy (non-hydrogen) atoms. The number of nitrogens with zero attached hydrogens (tertiary/aromatic N) is 5. The molecule has 0 aliphatic carbocycles. The quantitative estimate of drug-likeness (QED) is 0.392. The summed E-state index contributed by atoms with van der Waals surface area (Å²) in [6.07, 6.45) is 4.40. The number of aryl methyl sites for hydroxylation is 1. The van der Waals surface area contributed by atoms with Crippen molar-refractivity contribution in [3.05, 3.63) is 84.2 Å². The zero-order valence-electron chi connectivity index (χ0n) is 18.8. The largest absolute Gasteiger partial charge is 0.308 e. The lowest BCUT2D eigenvalue weighted by molar-refractivity contribution is -0.118. The number of carbonyl (C=O) groups is 1. The van der Waals surface area contributed by atoms with E-state index in [1.807, 2.05) is 64.9 Å². The molecule has 1 amide bonds. The summed E-state index contributed by atoms with van der Waals surface area (Å²) in [4.78, 5) is 19.7. The molecule has 5 rings (SSSR count). The van der Waals surface area contributed by atoms with Crippen molar-refractivity contribution < 1.29 is 4.79 Å². The maximum absolute atomic E-state index is 13.6. The Labute approximate surface area is 197 Å². The molecule has 0 bridgehead atoms.